The zero-order chi connectivity index (χ0) is 14.6. The van der Waals surface area contributed by atoms with Crippen molar-refractivity contribution in [1.29, 1.82) is 0 Å². The van der Waals surface area contributed by atoms with Crippen molar-refractivity contribution in [3.8, 4) is 0 Å². The zero-order valence-corrected chi connectivity index (χ0v) is 12.4. The molecule has 4 nitrogen and oxygen atoms in total. The summed E-state index contributed by atoms with van der Waals surface area (Å²) in [6.45, 7) is 7.09. The van der Waals surface area contributed by atoms with Gasteiger partial charge >= 0.3 is 6.09 Å². The Kier molecular flexibility index (Phi) is 5.20. The average molecular weight is 286 g/mol. The summed E-state index contributed by atoms with van der Waals surface area (Å²) >= 11 is 6.09. The number of rotatable bonds is 3. The molecule has 0 saturated carbocycles. The van der Waals surface area contributed by atoms with Crippen LogP contribution in [0, 0.1) is 0 Å². The van der Waals surface area contributed by atoms with E-state index in [0.29, 0.717) is 17.1 Å². The lowest BCUT2D eigenvalue weighted by molar-refractivity contribution is 0.0636. The molecule has 0 heterocycles. The van der Waals surface area contributed by atoms with Gasteiger partial charge in [0.25, 0.3) is 0 Å². The highest BCUT2D eigenvalue weighted by Gasteiger charge is 2.16. The SMILES string of the molecule is C[C@H](O)Cc1ccc(NC(=O)OC(C)(C)C)cc1Cl. The van der Waals surface area contributed by atoms with Gasteiger partial charge in [0.15, 0.2) is 0 Å². The molecule has 0 aliphatic heterocycles. The molecule has 0 saturated heterocycles. The maximum atomic E-state index is 11.6. The van der Waals surface area contributed by atoms with Crippen LogP contribution in [-0.4, -0.2) is 22.9 Å². The van der Waals surface area contributed by atoms with Crippen LogP contribution >= 0.6 is 11.6 Å². The van der Waals surface area contributed by atoms with Crippen molar-refractivity contribution in [1.82, 2.24) is 0 Å². The molecule has 19 heavy (non-hydrogen) atoms. The van der Waals surface area contributed by atoms with Gasteiger partial charge in [-0.05, 0) is 51.8 Å². The number of halogens is 1. The molecule has 0 fully saturated rings. The number of hydrogen-bond donors (Lipinski definition) is 2. The Hall–Kier alpha value is -1.26. The maximum absolute atomic E-state index is 11.6. The summed E-state index contributed by atoms with van der Waals surface area (Å²) in [6, 6.07) is 5.15. The minimum absolute atomic E-state index is 0.456. The predicted molar refractivity (Wildman–Crippen MR) is 76.7 cm³/mol. The summed E-state index contributed by atoms with van der Waals surface area (Å²) in [4.78, 5) is 11.6. The van der Waals surface area contributed by atoms with Gasteiger partial charge in [0.1, 0.15) is 5.60 Å². The number of aliphatic hydroxyl groups excluding tert-OH is 1. The minimum atomic E-state index is -0.542. The van der Waals surface area contributed by atoms with E-state index in [-0.39, 0.29) is 0 Å². The lowest BCUT2D eigenvalue weighted by atomic mass is 10.1. The van der Waals surface area contributed by atoms with Crippen LogP contribution in [0.3, 0.4) is 0 Å². The van der Waals surface area contributed by atoms with Crippen molar-refractivity contribution in [2.45, 2.75) is 45.8 Å². The maximum Gasteiger partial charge on any atom is 0.412 e. The lowest BCUT2D eigenvalue weighted by Crippen LogP contribution is -2.27. The number of hydrogen-bond acceptors (Lipinski definition) is 3. The van der Waals surface area contributed by atoms with Crippen LogP contribution in [0.4, 0.5) is 10.5 Å². The predicted octanol–water partition coefficient (Wildman–Crippen LogP) is 3.61. The lowest BCUT2D eigenvalue weighted by Gasteiger charge is -2.19. The van der Waals surface area contributed by atoms with E-state index in [1.54, 1.807) is 45.9 Å². The topological polar surface area (TPSA) is 58.6 Å². The summed E-state index contributed by atoms with van der Waals surface area (Å²) < 4.78 is 5.14. The number of carbonyl (C=O) groups excluding carboxylic acids is 1. The molecule has 0 unspecified atom stereocenters. The fourth-order valence-electron chi connectivity index (χ4n) is 1.53. The molecule has 0 radical (unpaired) electrons. The van der Waals surface area contributed by atoms with Gasteiger partial charge in [0, 0.05) is 10.7 Å². The molecule has 0 aliphatic rings. The first-order valence-electron chi connectivity index (χ1n) is 6.14. The smallest absolute Gasteiger partial charge is 0.412 e. The van der Waals surface area contributed by atoms with Crippen LogP contribution in [0.5, 0.6) is 0 Å². The van der Waals surface area contributed by atoms with Crippen molar-refractivity contribution in [2.75, 3.05) is 5.32 Å². The van der Waals surface area contributed by atoms with Crippen molar-refractivity contribution < 1.29 is 14.6 Å². The number of anilines is 1. The highest BCUT2D eigenvalue weighted by atomic mass is 35.5. The monoisotopic (exact) mass is 285 g/mol. The number of benzene rings is 1. The molecule has 1 atom stereocenters. The zero-order valence-electron chi connectivity index (χ0n) is 11.7. The summed E-state index contributed by atoms with van der Waals surface area (Å²) in [5, 5.41) is 12.4. The minimum Gasteiger partial charge on any atom is -0.444 e. The number of carbonyl (C=O) groups is 1. The van der Waals surface area contributed by atoms with E-state index in [2.05, 4.69) is 5.32 Å². The molecular weight excluding hydrogens is 266 g/mol. The quantitative estimate of drug-likeness (QED) is 0.892. The Bertz CT molecular complexity index is 452. The number of nitrogens with one attached hydrogen (secondary N) is 1. The molecule has 1 aromatic carbocycles. The van der Waals surface area contributed by atoms with Gasteiger partial charge in [-0.15, -0.1) is 0 Å². The highest BCUT2D eigenvalue weighted by molar-refractivity contribution is 6.31. The van der Waals surface area contributed by atoms with Crippen LogP contribution in [-0.2, 0) is 11.2 Å². The van der Waals surface area contributed by atoms with E-state index < -0.39 is 17.8 Å². The van der Waals surface area contributed by atoms with Crippen molar-refractivity contribution in [2.24, 2.45) is 0 Å². The third-order valence-corrected chi connectivity index (χ3v) is 2.57. The second-order valence-corrected chi connectivity index (χ2v) is 5.89. The Morgan fingerprint density at radius 3 is 2.58 bits per heavy atom. The molecule has 106 valence electrons. The normalized spacial score (nSPS) is 12.9. The van der Waals surface area contributed by atoms with Crippen LogP contribution in [0.25, 0.3) is 0 Å². The molecule has 1 amide bonds. The molecule has 2 N–H and O–H groups in total. The van der Waals surface area contributed by atoms with Crippen molar-refractivity contribution >= 4 is 23.4 Å². The van der Waals surface area contributed by atoms with E-state index in [9.17, 15) is 9.90 Å². The molecular formula is C14H20ClNO3. The van der Waals surface area contributed by atoms with Gasteiger partial charge < -0.3 is 9.84 Å². The van der Waals surface area contributed by atoms with Crippen LogP contribution in [0.1, 0.15) is 33.3 Å². The molecule has 1 aromatic rings. The Labute approximate surface area is 118 Å². The summed E-state index contributed by atoms with van der Waals surface area (Å²) in [5.41, 5.74) is 0.861. The van der Waals surface area contributed by atoms with E-state index in [0.717, 1.165) is 5.56 Å². The largest absolute Gasteiger partial charge is 0.444 e. The average Bonchev–Trinajstić information content (AvgIpc) is 2.18. The molecule has 0 aliphatic carbocycles. The molecule has 0 bridgehead atoms. The fraction of sp³-hybridized carbons (Fsp3) is 0.500. The van der Waals surface area contributed by atoms with Crippen LogP contribution in [0.15, 0.2) is 18.2 Å². The summed E-state index contributed by atoms with van der Waals surface area (Å²) in [5.74, 6) is 0. The fourth-order valence-corrected chi connectivity index (χ4v) is 1.79. The van der Waals surface area contributed by atoms with E-state index in [4.69, 9.17) is 16.3 Å². The second-order valence-electron chi connectivity index (χ2n) is 5.49. The van der Waals surface area contributed by atoms with Crippen molar-refractivity contribution in [3.63, 3.8) is 0 Å². The second kappa shape index (κ2) is 6.26. The van der Waals surface area contributed by atoms with Gasteiger partial charge in [-0.1, -0.05) is 17.7 Å². The molecule has 1 rings (SSSR count). The molecule has 0 aromatic heterocycles. The first-order chi connectivity index (χ1) is 8.67. The van der Waals surface area contributed by atoms with E-state index >= 15 is 0 Å². The number of amides is 1. The summed E-state index contributed by atoms with van der Waals surface area (Å²) in [6.07, 6.45) is -0.500. The van der Waals surface area contributed by atoms with Gasteiger partial charge in [-0.3, -0.25) is 5.32 Å². The summed E-state index contributed by atoms with van der Waals surface area (Å²) in [7, 11) is 0. The molecule has 0 spiro atoms. The first-order valence-corrected chi connectivity index (χ1v) is 6.51. The number of aliphatic hydroxyl groups is 1. The third kappa shape index (κ3) is 5.94. The third-order valence-electron chi connectivity index (χ3n) is 2.21. The van der Waals surface area contributed by atoms with Crippen molar-refractivity contribution in [3.05, 3.63) is 28.8 Å². The first kappa shape index (κ1) is 15.8. The van der Waals surface area contributed by atoms with E-state index in [1.807, 2.05) is 0 Å². The Balaban J connectivity index is 2.71. The van der Waals surface area contributed by atoms with Gasteiger partial charge in [0.05, 0.1) is 6.10 Å². The van der Waals surface area contributed by atoms with Gasteiger partial charge in [0.2, 0.25) is 0 Å². The van der Waals surface area contributed by atoms with Gasteiger partial charge in [-0.25, -0.2) is 4.79 Å². The Morgan fingerprint density at radius 1 is 1.47 bits per heavy atom. The number of ether oxygens (including phenoxy) is 1. The van der Waals surface area contributed by atoms with Crippen LogP contribution < -0.4 is 5.32 Å². The molecule has 5 heteroatoms. The Morgan fingerprint density at radius 2 is 2.11 bits per heavy atom. The van der Waals surface area contributed by atoms with Crippen LogP contribution in [0.2, 0.25) is 5.02 Å². The van der Waals surface area contributed by atoms with E-state index in [1.165, 1.54) is 0 Å². The van der Waals surface area contributed by atoms with Gasteiger partial charge in [-0.2, -0.15) is 0 Å². The highest BCUT2D eigenvalue weighted by Crippen LogP contribution is 2.22. The standard InChI is InChI=1S/C14H20ClNO3/c1-9(17)7-10-5-6-11(8-12(10)15)16-13(18)19-14(2,3)4/h5-6,8-9,17H,7H2,1-4H3,(H,16,18)/t9-/m0/s1.